The first-order valence-electron chi connectivity index (χ1n) is 9.50. The zero-order valence-electron chi connectivity index (χ0n) is 16.7. The number of anilines is 1. The minimum atomic E-state index is -0.0843. The number of rotatable bonds is 5. The van der Waals surface area contributed by atoms with Crippen LogP contribution in [0, 0.1) is 5.41 Å². The summed E-state index contributed by atoms with van der Waals surface area (Å²) in [6, 6.07) is 11.2. The van der Waals surface area contributed by atoms with Gasteiger partial charge in [-0.3, -0.25) is 4.79 Å². The van der Waals surface area contributed by atoms with Gasteiger partial charge in [0.1, 0.15) is 5.65 Å². The first-order chi connectivity index (χ1) is 13.9. The summed E-state index contributed by atoms with van der Waals surface area (Å²) in [6.07, 6.45) is 6.51. The maximum Gasteiger partial charge on any atom is 0.247 e. The molecule has 0 atom stereocenters. The van der Waals surface area contributed by atoms with Crippen LogP contribution in [0.3, 0.4) is 0 Å². The fourth-order valence-electron chi connectivity index (χ4n) is 3.04. The molecule has 148 valence electrons. The normalized spacial score (nSPS) is 11.7. The van der Waals surface area contributed by atoms with Gasteiger partial charge < -0.3 is 14.1 Å². The van der Waals surface area contributed by atoms with Gasteiger partial charge in [-0.1, -0.05) is 20.8 Å². The number of fused-ring (bicyclic) bond motifs is 1. The molecule has 7 heteroatoms. The first kappa shape index (κ1) is 18.9. The van der Waals surface area contributed by atoms with Crippen molar-refractivity contribution < 1.29 is 9.21 Å². The highest BCUT2D eigenvalue weighted by atomic mass is 16.4. The van der Waals surface area contributed by atoms with Crippen molar-refractivity contribution in [3.05, 3.63) is 66.4 Å². The van der Waals surface area contributed by atoms with E-state index in [4.69, 9.17) is 4.42 Å². The van der Waals surface area contributed by atoms with Crippen molar-refractivity contribution >= 4 is 17.2 Å². The van der Waals surface area contributed by atoms with Crippen LogP contribution in [-0.2, 0) is 17.6 Å². The SMILES string of the molecule is CC(C)(C)Cc1nnc(-c2ccc(NC(=O)Cc3ccn4ccnc4c3)cc2)o1. The number of carbonyl (C=O) groups is 1. The zero-order valence-corrected chi connectivity index (χ0v) is 16.7. The van der Waals surface area contributed by atoms with Crippen LogP contribution in [0.25, 0.3) is 17.1 Å². The third kappa shape index (κ3) is 4.68. The van der Waals surface area contributed by atoms with Crippen LogP contribution in [0.4, 0.5) is 5.69 Å². The molecule has 3 aromatic heterocycles. The summed E-state index contributed by atoms with van der Waals surface area (Å²) in [4.78, 5) is 16.6. The van der Waals surface area contributed by atoms with Crippen LogP contribution in [-0.4, -0.2) is 25.5 Å². The van der Waals surface area contributed by atoms with Crippen molar-refractivity contribution in [2.24, 2.45) is 5.41 Å². The number of carbonyl (C=O) groups excluding carboxylic acids is 1. The Balaban J connectivity index is 1.39. The van der Waals surface area contributed by atoms with Crippen molar-refractivity contribution in [1.29, 1.82) is 0 Å². The van der Waals surface area contributed by atoms with Gasteiger partial charge in [0.15, 0.2) is 0 Å². The molecular formula is C22H23N5O2. The molecule has 0 spiro atoms. The number of hydrogen-bond acceptors (Lipinski definition) is 5. The Kier molecular flexibility index (Phi) is 4.88. The number of amides is 1. The van der Waals surface area contributed by atoms with E-state index < -0.39 is 0 Å². The number of aromatic nitrogens is 4. The first-order valence-corrected chi connectivity index (χ1v) is 9.50. The van der Waals surface area contributed by atoms with E-state index in [1.807, 2.05) is 53.2 Å². The summed E-state index contributed by atoms with van der Waals surface area (Å²) in [5.41, 5.74) is 3.36. The van der Waals surface area contributed by atoms with Gasteiger partial charge in [-0.2, -0.15) is 0 Å². The maximum absolute atomic E-state index is 12.4. The van der Waals surface area contributed by atoms with Crippen molar-refractivity contribution in [3.63, 3.8) is 0 Å². The van der Waals surface area contributed by atoms with E-state index in [0.29, 0.717) is 11.8 Å². The summed E-state index contributed by atoms with van der Waals surface area (Å²) in [7, 11) is 0. The van der Waals surface area contributed by atoms with Crippen LogP contribution in [0.5, 0.6) is 0 Å². The van der Waals surface area contributed by atoms with E-state index in [1.165, 1.54) is 0 Å². The molecular weight excluding hydrogens is 366 g/mol. The Morgan fingerprint density at radius 1 is 1.10 bits per heavy atom. The standard InChI is InChI=1S/C22H23N5O2/c1-22(2,3)14-20-25-26-21(29-20)16-4-6-17(7-5-16)24-19(28)13-15-8-10-27-11-9-23-18(27)12-15/h4-12H,13-14H2,1-3H3,(H,24,28). The van der Waals surface area contributed by atoms with Crippen LogP contribution in [0.15, 0.2) is 59.4 Å². The predicted octanol–water partition coefficient (Wildman–Crippen LogP) is 4.15. The lowest BCUT2D eigenvalue weighted by molar-refractivity contribution is -0.115. The van der Waals surface area contributed by atoms with Gasteiger partial charge >= 0.3 is 0 Å². The van der Waals surface area contributed by atoms with E-state index in [0.717, 1.165) is 28.9 Å². The monoisotopic (exact) mass is 389 g/mol. The molecule has 0 bridgehead atoms. The lowest BCUT2D eigenvalue weighted by Crippen LogP contribution is -2.14. The molecule has 4 aromatic rings. The van der Waals surface area contributed by atoms with Crippen LogP contribution >= 0.6 is 0 Å². The van der Waals surface area contributed by atoms with E-state index in [1.54, 1.807) is 6.20 Å². The summed E-state index contributed by atoms with van der Waals surface area (Å²) in [6.45, 7) is 6.38. The number of benzene rings is 1. The second-order valence-electron chi connectivity index (χ2n) is 8.27. The number of nitrogens with one attached hydrogen (secondary N) is 1. The van der Waals surface area contributed by atoms with E-state index in [-0.39, 0.29) is 17.7 Å². The highest BCUT2D eigenvalue weighted by Crippen LogP contribution is 2.24. The number of nitrogens with zero attached hydrogens (tertiary/aromatic N) is 4. The lowest BCUT2D eigenvalue weighted by atomic mass is 9.92. The third-order valence-corrected chi connectivity index (χ3v) is 4.39. The third-order valence-electron chi connectivity index (χ3n) is 4.39. The lowest BCUT2D eigenvalue weighted by Gasteiger charge is -2.14. The van der Waals surface area contributed by atoms with Gasteiger partial charge in [0.2, 0.25) is 17.7 Å². The molecule has 7 nitrogen and oxygen atoms in total. The maximum atomic E-state index is 12.4. The van der Waals surface area contributed by atoms with Gasteiger partial charge in [0.05, 0.1) is 6.42 Å². The summed E-state index contributed by atoms with van der Waals surface area (Å²) in [5.74, 6) is 1.02. The van der Waals surface area contributed by atoms with Gasteiger partial charge in [-0.05, 0) is 47.4 Å². The van der Waals surface area contributed by atoms with Gasteiger partial charge in [0, 0.05) is 36.3 Å². The highest BCUT2D eigenvalue weighted by molar-refractivity contribution is 5.92. The number of pyridine rings is 1. The summed E-state index contributed by atoms with van der Waals surface area (Å²) >= 11 is 0. The molecule has 0 aliphatic heterocycles. The Morgan fingerprint density at radius 3 is 2.66 bits per heavy atom. The predicted molar refractivity (Wildman–Crippen MR) is 110 cm³/mol. The largest absolute Gasteiger partial charge is 0.421 e. The molecule has 1 N–H and O–H groups in total. The fourth-order valence-corrected chi connectivity index (χ4v) is 3.04. The zero-order chi connectivity index (χ0) is 20.4. The summed E-state index contributed by atoms with van der Waals surface area (Å²) < 4.78 is 7.66. The molecule has 0 saturated heterocycles. The molecule has 0 aliphatic rings. The minimum Gasteiger partial charge on any atom is -0.421 e. The van der Waals surface area contributed by atoms with E-state index in [2.05, 4.69) is 41.3 Å². The molecule has 1 aromatic carbocycles. The molecule has 0 fully saturated rings. The average molecular weight is 389 g/mol. The van der Waals surface area contributed by atoms with Crippen LogP contribution in [0.2, 0.25) is 0 Å². The van der Waals surface area contributed by atoms with Crippen molar-refractivity contribution in [2.75, 3.05) is 5.32 Å². The quantitative estimate of drug-likeness (QED) is 0.554. The molecule has 1 amide bonds. The fraction of sp³-hybridized carbons (Fsp3) is 0.273. The Labute approximate surface area is 168 Å². The van der Waals surface area contributed by atoms with E-state index in [9.17, 15) is 4.79 Å². The van der Waals surface area contributed by atoms with E-state index >= 15 is 0 Å². The Morgan fingerprint density at radius 2 is 1.90 bits per heavy atom. The topological polar surface area (TPSA) is 85.3 Å². The number of imidazole rings is 1. The minimum absolute atomic E-state index is 0.0834. The van der Waals surface area contributed by atoms with Crippen LogP contribution < -0.4 is 5.32 Å². The van der Waals surface area contributed by atoms with Gasteiger partial charge in [0.25, 0.3) is 0 Å². The average Bonchev–Trinajstić information content (AvgIpc) is 3.30. The molecule has 29 heavy (non-hydrogen) atoms. The van der Waals surface area contributed by atoms with Gasteiger partial charge in [-0.25, -0.2) is 4.98 Å². The van der Waals surface area contributed by atoms with Crippen LogP contribution in [0.1, 0.15) is 32.2 Å². The molecule has 4 rings (SSSR count). The molecule has 0 saturated carbocycles. The molecule has 0 aliphatic carbocycles. The van der Waals surface area contributed by atoms with Gasteiger partial charge in [-0.15, -0.1) is 10.2 Å². The smallest absolute Gasteiger partial charge is 0.247 e. The second kappa shape index (κ2) is 7.50. The summed E-state index contributed by atoms with van der Waals surface area (Å²) in [5, 5.41) is 11.2. The Hall–Kier alpha value is -3.48. The second-order valence-corrected chi connectivity index (χ2v) is 8.27. The molecule has 0 radical (unpaired) electrons. The molecule has 0 unspecified atom stereocenters. The Bertz CT molecular complexity index is 1140. The highest BCUT2D eigenvalue weighted by Gasteiger charge is 2.17. The van der Waals surface area contributed by atoms with Crippen molar-refractivity contribution in [3.8, 4) is 11.5 Å². The molecule has 3 heterocycles. The van der Waals surface area contributed by atoms with Crippen molar-refractivity contribution in [2.45, 2.75) is 33.6 Å². The number of hydrogen-bond donors (Lipinski definition) is 1. The van der Waals surface area contributed by atoms with Crippen molar-refractivity contribution in [1.82, 2.24) is 19.6 Å².